The van der Waals surface area contributed by atoms with Gasteiger partial charge in [-0.15, -0.1) is 15.3 Å². The monoisotopic (exact) mass is 437 g/mol. The quantitative estimate of drug-likeness (QED) is 0.392. The standard InChI is InChI=1S/C18H19N11OS/c1-27-5-4-13(25-27)17-23-24-18(28(17)8-11-3-2-6-30-11)31-9-14-21-16-12-7-20-22-15(12)19-10-29(16)26-14/h4-5,7,10-11H,2-3,6,8-9H2,1H3,(H,20,22). The van der Waals surface area contributed by atoms with E-state index < -0.39 is 0 Å². The van der Waals surface area contributed by atoms with E-state index in [4.69, 9.17) is 4.74 Å². The Morgan fingerprint density at radius 1 is 1.29 bits per heavy atom. The van der Waals surface area contributed by atoms with Gasteiger partial charge in [-0.25, -0.2) is 14.5 Å². The average Bonchev–Trinajstić information content (AvgIpc) is 3.56. The number of nitrogens with zero attached hydrogens (tertiary/aromatic N) is 10. The number of ether oxygens (including phenoxy) is 1. The number of hydrogen-bond donors (Lipinski definition) is 1. The summed E-state index contributed by atoms with van der Waals surface area (Å²) in [5, 5.41) is 26.4. The number of aryl methyl sites for hydroxylation is 1. The number of aromatic nitrogens is 11. The van der Waals surface area contributed by atoms with Crippen LogP contribution in [-0.2, 0) is 24.1 Å². The topological polar surface area (TPSA) is 130 Å². The van der Waals surface area contributed by atoms with Gasteiger partial charge in [0.25, 0.3) is 0 Å². The molecule has 31 heavy (non-hydrogen) atoms. The first kappa shape index (κ1) is 18.4. The first-order valence-corrected chi connectivity index (χ1v) is 10.9. The Bertz CT molecular complexity index is 1360. The van der Waals surface area contributed by atoms with Crippen molar-refractivity contribution >= 4 is 28.4 Å². The summed E-state index contributed by atoms with van der Waals surface area (Å²) in [6, 6.07) is 1.94. The zero-order chi connectivity index (χ0) is 20.8. The summed E-state index contributed by atoms with van der Waals surface area (Å²) in [5.74, 6) is 1.98. The molecule has 5 aromatic rings. The molecule has 0 spiro atoms. The summed E-state index contributed by atoms with van der Waals surface area (Å²) in [7, 11) is 1.89. The van der Waals surface area contributed by atoms with Gasteiger partial charge < -0.3 is 4.74 Å². The number of H-pyrrole nitrogens is 1. The zero-order valence-electron chi connectivity index (χ0n) is 16.7. The van der Waals surface area contributed by atoms with E-state index in [0.29, 0.717) is 23.8 Å². The van der Waals surface area contributed by atoms with E-state index in [1.807, 2.05) is 19.3 Å². The van der Waals surface area contributed by atoms with Crippen LogP contribution in [0.5, 0.6) is 0 Å². The second-order valence-electron chi connectivity index (χ2n) is 7.39. The summed E-state index contributed by atoms with van der Waals surface area (Å²) in [5.41, 5.74) is 2.21. The predicted molar refractivity (Wildman–Crippen MR) is 111 cm³/mol. The van der Waals surface area contributed by atoms with Crippen molar-refractivity contribution in [2.24, 2.45) is 7.05 Å². The number of fused-ring (bicyclic) bond motifs is 3. The van der Waals surface area contributed by atoms with Crippen molar-refractivity contribution in [3.63, 3.8) is 0 Å². The normalized spacial score (nSPS) is 16.7. The molecule has 0 aromatic carbocycles. The number of thioether (sulfide) groups is 1. The second-order valence-corrected chi connectivity index (χ2v) is 8.33. The first-order valence-electron chi connectivity index (χ1n) is 9.95. The summed E-state index contributed by atoms with van der Waals surface area (Å²) in [6.07, 6.45) is 7.52. The van der Waals surface area contributed by atoms with Gasteiger partial charge in [0.1, 0.15) is 12.0 Å². The molecule has 1 atom stereocenters. The van der Waals surface area contributed by atoms with Crippen molar-refractivity contribution in [1.29, 1.82) is 0 Å². The Labute approximate surface area is 180 Å². The fourth-order valence-electron chi connectivity index (χ4n) is 3.75. The molecular weight excluding hydrogens is 418 g/mol. The van der Waals surface area contributed by atoms with Crippen LogP contribution in [0, 0.1) is 0 Å². The molecule has 0 saturated carbocycles. The van der Waals surface area contributed by atoms with Crippen LogP contribution in [0.15, 0.2) is 29.9 Å². The van der Waals surface area contributed by atoms with E-state index >= 15 is 0 Å². The van der Waals surface area contributed by atoms with E-state index in [2.05, 4.69) is 45.1 Å². The van der Waals surface area contributed by atoms with E-state index in [1.165, 1.54) is 0 Å². The maximum atomic E-state index is 5.86. The third-order valence-corrected chi connectivity index (χ3v) is 6.19. The lowest BCUT2D eigenvalue weighted by molar-refractivity contribution is 0.0953. The maximum Gasteiger partial charge on any atom is 0.192 e. The highest BCUT2D eigenvalue weighted by Crippen LogP contribution is 2.27. The highest BCUT2D eigenvalue weighted by molar-refractivity contribution is 7.98. The Morgan fingerprint density at radius 3 is 3.10 bits per heavy atom. The molecule has 0 amide bonds. The predicted octanol–water partition coefficient (Wildman–Crippen LogP) is 1.46. The lowest BCUT2D eigenvalue weighted by Crippen LogP contribution is -2.16. The fraction of sp³-hybridized carbons (Fsp3) is 0.389. The molecule has 0 aliphatic carbocycles. The summed E-state index contributed by atoms with van der Waals surface area (Å²) in [6.45, 7) is 1.50. The van der Waals surface area contributed by atoms with E-state index in [0.717, 1.165) is 47.2 Å². The number of nitrogens with one attached hydrogen (secondary N) is 1. The van der Waals surface area contributed by atoms with Crippen LogP contribution in [0.2, 0.25) is 0 Å². The molecule has 6 heterocycles. The lowest BCUT2D eigenvalue weighted by atomic mass is 10.2. The van der Waals surface area contributed by atoms with Gasteiger partial charge in [0.2, 0.25) is 0 Å². The summed E-state index contributed by atoms with van der Waals surface area (Å²) in [4.78, 5) is 8.96. The SMILES string of the molecule is Cn1ccc(-c2nnc(SCc3nc4c5cn[nH]c5ncn4n3)n2CC2CCCO2)n1. The molecule has 13 heteroatoms. The first-order chi connectivity index (χ1) is 15.2. The van der Waals surface area contributed by atoms with Gasteiger partial charge in [0, 0.05) is 19.9 Å². The van der Waals surface area contributed by atoms with Gasteiger partial charge in [-0.2, -0.15) is 10.2 Å². The third-order valence-electron chi connectivity index (χ3n) is 5.23. The van der Waals surface area contributed by atoms with Crippen molar-refractivity contribution in [2.45, 2.75) is 36.4 Å². The third kappa shape index (κ3) is 3.35. The molecule has 1 N–H and O–H groups in total. The maximum absolute atomic E-state index is 5.86. The van der Waals surface area contributed by atoms with E-state index in [1.54, 1.807) is 33.5 Å². The van der Waals surface area contributed by atoms with Gasteiger partial charge in [0.05, 0.1) is 30.0 Å². The molecule has 0 bridgehead atoms. The highest BCUT2D eigenvalue weighted by atomic mass is 32.2. The fourth-order valence-corrected chi connectivity index (χ4v) is 4.55. The molecule has 12 nitrogen and oxygen atoms in total. The summed E-state index contributed by atoms with van der Waals surface area (Å²) < 4.78 is 11.4. The molecule has 1 unspecified atom stereocenters. The van der Waals surface area contributed by atoms with Crippen molar-refractivity contribution in [3.05, 3.63) is 30.6 Å². The van der Waals surface area contributed by atoms with E-state index in [9.17, 15) is 0 Å². The molecule has 1 fully saturated rings. The Balaban J connectivity index is 1.30. The van der Waals surface area contributed by atoms with Crippen molar-refractivity contribution in [1.82, 2.24) is 54.3 Å². The van der Waals surface area contributed by atoms with Crippen LogP contribution < -0.4 is 0 Å². The number of rotatable bonds is 6. The average molecular weight is 437 g/mol. The second kappa shape index (κ2) is 7.42. The van der Waals surface area contributed by atoms with Gasteiger partial charge in [-0.3, -0.25) is 14.3 Å². The minimum atomic E-state index is 0.159. The van der Waals surface area contributed by atoms with Crippen LogP contribution in [0.25, 0.3) is 28.2 Å². The van der Waals surface area contributed by atoms with Gasteiger partial charge >= 0.3 is 0 Å². The molecule has 1 aliphatic heterocycles. The molecule has 1 saturated heterocycles. The Kier molecular flexibility index (Phi) is 4.42. The molecule has 0 radical (unpaired) electrons. The molecular formula is C18H19N11OS. The molecule has 158 valence electrons. The molecule has 6 rings (SSSR count). The largest absolute Gasteiger partial charge is 0.376 e. The zero-order valence-corrected chi connectivity index (χ0v) is 17.5. The molecule has 5 aromatic heterocycles. The van der Waals surface area contributed by atoms with E-state index in [-0.39, 0.29) is 6.10 Å². The summed E-state index contributed by atoms with van der Waals surface area (Å²) >= 11 is 1.55. The Morgan fingerprint density at radius 2 is 2.26 bits per heavy atom. The number of hydrogen-bond acceptors (Lipinski definition) is 9. The lowest BCUT2D eigenvalue weighted by Gasteiger charge is -2.13. The minimum absolute atomic E-state index is 0.159. The Hall–Kier alpha value is -3.32. The van der Waals surface area contributed by atoms with Crippen molar-refractivity contribution in [2.75, 3.05) is 6.61 Å². The highest BCUT2D eigenvalue weighted by Gasteiger charge is 2.23. The van der Waals surface area contributed by atoms with Gasteiger partial charge in [0.15, 0.2) is 28.1 Å². The van der Waals surface area contributed by atoms with Gasteiger partial charge in [-0.05, 0) is 18.9 Å². The molecule has 1 aliphatic rings. The van der Waals surface area contributed by atoms with Crippen molar-refractivity contribution in [3.8, 4) is 11.5 Å². The van der Waals surface area contributed by atoms with Crippen LogP contribution >= 0.6 is 11.8 Å². The van der Waals surface area contributed by atoms with Gasteiger partial charge in [-0.1, -0.05) is 11.8 Å². The number of aromatic amines is 1. The van der Waals surface area contributed by atoms with Crippen LogP contribution in [0.1, 0.15) is 18.7 Å². The smallest absolute Gasteiger partial charge is 0.192 e. The van der Waals surface area contributed by atoms with Crippen LogP contribution in [0.3, 0.4) is 0 Å². The van der Waals surface area contributed by atoms with Crippen molar-refractivity contribution < 1.29 is 4.74 Å². The van der Waals surface area contributed by atoms with Crippen LogP contribution in [0.4, 0.5) is 0 Å². The van der Waals surface area contributed by atoms with Crippen LogP contribution in [-0.4, -0.2) is 67.0 Å². The minimum Gasteiger partial charge on any atom is -0.376 e.